The van der Waals surface area contributed by atoms with Crippen molar-refractivity contribution in [1.82, 2.24) is 9.88 Å². The number of aliphatic hydroxyl groups is 1. The minimum atomic E-state index is -1.29. The number of ether oxygens (including phenoxy) is 1. The van der Waals surface area contributed by atoms with E-state index in [-0.39, 0.29) is 28.4 Å². The van der Waals surface area contributed by atoms with E-state index in [9.17, 15) is 13.9 Å². The number of halogens is 4. The summed E-state index contributed by atoms with van der Waals surface area (Å²) in [4.78, 5) is 6.68. The van der Waals surface area contributed by atoms with Crippen LogP contribution >= 0.6 is 23.4 Å². The van der Waals surface area contributed by atoms with Crippen LogP contribution in [0, 0.1) is 17.0 Å². The lowest BCUT2D eigenvalue weighted by molar-refractivity contribution is 0.0304. The van der Waals surface area contributed by atoms with Gasteiger partial charge < -0.3 is 14.7 Å². The first kappa shape index (κ1) is 28.0. The van der Waals surface area contributed by atoms with E-state index >= 15 is 4.39 Å². The molecule has 1 saturated heterocycles. The Balaban J connectivity index is 1.30. The number of rotatable bonds is 11. The molecule has 0 bridgehead atoms. The number of thioether (sulfide) groups is 1. The number of methoxy groups -OCH3 is 1. The molecule has 2 aromatic carbocycles. The Morgan fingerprint density at radius 2 is 1.92 bits per heavy atom. The van der Waals surface area contributed by atoms with E-state index in [0.717, 1.165) is 38.9 Å². The minimum Gasteiger partial charge on any atom is -0.497 e. The molecule has 200 valence electrons. The SMILES string of the molecule is COc1ccc2ncc(Cl)c([C@@H](F)CCC3(CO)CCN(CCCSc4c(F)cccc4F)CC3)c2c1. The molecular weight excluding hydrogens is 521 g/mol. The van der Waals surface area contributed by atoms with Crippen LogP contribution < -0.4 is 4.74 Å². The summed E-state index contributed by atoms with van der Waals surface area (Å²) >= 11 is 7.58. The van der Waals surface area contributed by atoms with Crippen LogP contribution in [0.25, 0.3) is 10.9 Å². The zero-order valence-corrected chi connectivity index (χ0v) is 22.4. The number of alkyl halides is 1. The van der Waals surface area contributed by atoms with Crippen molar-refractivity contribution in [3.8, 4) is 5.75 Å². The number of nitrogens with zero attached hydrogens (tertiary/aromatic N) is 2. The lowest BCUT2D eigenvalue weighted by Gasteiger charge is -2.41. The average Bonchev–Trinajstić information content (AvgIpc) is 2.91. The quantitative estimate of drug-likeness (QED) is 0.201. The molecule has 0 radical (unpaired) electrons. The molecule has 1 fully saturated rings. The fraction of sp³-hybridized carbons (Fsp3) is 0.464. The predicted molar refractivity (Wildman–Crippen MR) is 143 cm³/mol. The van der Waals surface area contributed by atoms with Crippen molar-refractivity contribution in [1.29, 1.82) is 0 Å². The first-order valence-corrected chi connectivity index (χ1v) is 13.9. The summed E-state index contributed by atoms with van der Waals surface area (Å²) in [5, 5.41) is 11.2. The van der Waals surface area contributed by atoms with E-state index in [0.29, 0.717) is 34.4 Å². The third-order valence-corrected chi connectivity index (χ3v) is 8.82. The van der Waals surface area contributed by atoms with Gasteiger partial charge in [0.2, 0.25) is 0 Å². The highest BCUT2D eigenvalue weighted by molar-refractivity contribution is 7.99. The monoisotopic (exact) mass is 552 g/mol. The molecule has 1 aliphatic heterocycles. The number of piperidine rings is 1. The van der Waals surface area contributed by atoms with E-state index in [1.165, 1.54) is 36.2 Å². The van der Waals surface area contributed by atoms with Crippen LogP contribution in [-0.4, -0.2) is 54.1 Å². The number of hydrogen-bond acceptors (Lipinski definition) is 5. The van der Waals surface area contributed by atoms with Gasteiger partial charge in [0, 0.05) is 23.8 Å². The van der Waals surface area contributed by atoms with Gasteiger partial charge in [-0.3, -0.25) is 4.98 Å². The fourth-order valence-electron chi connectivity index (χ4n) is 5.01. The molecule has 1 aliphatic rings. The summed E-state index contributed by atoms with van der Waals surface area (Å²) in [7, 11) is 1.56. The van der Waals surface area contributed by atoms with Crippen LogP contribution in [0.1, 0.15) is 43.8 Å². The number of hydrogen-bond donors (Lipinski definition) is 1. The second-order valence-electron chi connectivity index (χ2n) is 9.66. The fourth-order valence-corrected chi connectivity index (χ4v) is 6.17. The van der Waals surface area contributed by atoms with Crippen molar-refractivity contribution in [3.05, 3.63) is 64.8 Å². The molecule has 9 heteroatoms. The van der Waals surface area contributed by atoms with Gasteiger partial charge >= 0.3 is 0 Å². The lowest BCUT2D eigenvalue weighted by atomic mass is 9.74. The molecule has 0 aliphatic carbocycles. The minimum absolute atomic E-state index is 0.00855. The second-order valence-corrected chi connectivity index (χ2v) is 11.2. The summed E-state index contributed by atoms with van der Waals surface area (Å²) in [6.45, 7) is 2.42. The Morgan fingerprint density at radius 1 is 1.19 bits per heavy atom. The predicted octanol–water partition coefficient (Wildman–Crippen LogP) is 7.22. The van der Waals surface area contributed by atoms with Gasteiger partial charge in [-0.05, 0) is 93.2 Å². The molecule has 37 heavy (non-hydrogen) atoms. The van der Waals surface area contributed by atoms with Gasteiger partial charge in [0.15, 0.2) is 0 Å². The second kappa shape index (κ2) is 12.7. The van der Waals surface area contributed by atoms with E-state index in [2.05, 4.69) is 9.88 Å². The highest BCUT2D eigenvalue weighted by Crippen LogP contribution is 2.42. The molecule has 4 nitrogen and oxygen atoms in total. The zero-order chi connectivity index (χ0) is 26.4. The zero-order valence-electron chi connectivity index (χ0n) is 20.9. The van der Waals surface area contributed by atoms with Crippen LogP contribution in [0.2, 0.25) is 5.02 Å². The Kier molecular flexibility index (Phi) is 9.62. The third kappa shape index (κ3) is 6.72. The molecule has 3 aromatic rings. The van der Waals surface area contributed by atoms with Gasteiger partial charge in [0.25, 0.3) is 0 Å². The number of aromatic nitrogens is 1. The van der Waals surface area contributed by atoms with Crippen LogP contribution in [0.4, 0.5) is 13.2 Å². The molecule has 2 heterocycles. The number of benzene rings is 2. The molecule has 4 rings (SSSR count). The largest absolute Gasteiger partial charge is 0.497 e. The van der Waals surface area contributed by atoms with Crippen LogP contribution in [0.3, 0.4) is 0 Å². The van der Waals surface area contributed by atoms with Crippen LogP contribution in [-0.2, 0) is 0 Å². The van der Waals surface area contributed by atoms with Crippen LogP contribution in [0.5, 0.6) is 5.75 Å². The molecule has 1 atom stereocenters. The van der Waals surface area contributed by atoms with Crippen molar-refractivity contribution in [2.45, 2.75) is 43.2 Å². The van der Waals surface area contributed by atoms with Crippen molar-refractivity contribution < 1.29 is 23.0 Å². The standard InChI is InChI=1S/C28H32ClF3N2O2S/c1-36-19-6-7-25-20(16-19)26(21(29)17-33-25)22(30)8-9-28(18-35)10-13-34(14-11-28)12-3-15-37-27-23(31)4-2-5-24(27)32/h2,4-7,16-17,22,35H,3,8-15,18H2,1H3/t22-/m0/s1. The topological polar surface area (TPSA) is 45.6 Å². The molecule has 0 amide bonds. The molecule has 0 saturated carbocycles. The number of pyridine rings is 1. The average molecular weight is 553 g/mol. The third-order valence-electron chi connectivity index (χ3n) is 7.35. The summed E-state index contributed by atoms with van der Waals surface area (Å²) in [6, 6.07) is 9.24. The van der Waals surface area contributed by atoms with Crippen molar-refractivity contribution >= 4 is 34.3 Å². The maximum Gasteiger partial charge on any atom is 0.139 e. The molecule has 1 N–H and O–H groups in total. The Hall–Kier alpha value is -2.00. The number of fused-ring (bicyclic) bond motifs is 1. The highest BCUT2D eigenvalue weighted by atomic mass is 35.5. The van der Waals surface area contributed by atoms with E-state index in [1.54, 1.807) is 25.3 Å². The normalized spacial score (nSPS) is 16.7. The van der Waals surface area contributed by atoms with E-state index in [4.69, 9.17) is 16.3 Å². The first-order valence-electron chi connectivity index (χ1n) is 12.5. The molecular formula is C28H32ClF3N2O2S. The van der Waals surface area contributed by atoms with Gasteiger partial charge in [0.1, 0.15) is 23.6 Å². The summed E-state index contributed by atoms with van der Waals surface area (Å²) in [5.41, 5.74) is 0.739. The van der Waals surface area contributed by atoms with Crippen LogP contribution in [0.15, 0.2) is 47.5 Å². The van der Waals surface area contributed by atoms with E-state index in [1.807, 2.05) is 0 Å². The summed E-state index contributed by atoms with van der Waals surface area (Å²) in [6.07, 6.45) is 3.33. The summed E-state index contributed by atoms with van der Waals surface area (Å²) < 4.78 is 48.5. The van der Waals surface area contributed by atoms with Crippen molar-refractivity contribution in [2.75, 3.05) is 39.1 Å². The first-order chi connectivity index (χ1) is 17.9. The smallest absolute Gasteiger partial charge is 0.139 e. The van der Waals surface area contributed by atoms with Crippen molar-refractivity contribution in [3.63, 3.8) is 0 Å². The Morgan fingerprint density at radius 3 is 2.59 bits per heavy atom. The number of likely N-dealkylation sites (tertiary alicyclic amines) is 1. The number of aliphatic hydroxyl groups excluding tert-OH is 1. The Labute approximate surface area is 225 Å². The van der Waals surface area contributed by atoms with E-state index < -0.39 is 17.8 Å². The maximum atomic E-state index is 15.6. The van der Waals surface area contributed by atoms with Gasteiger partial charge in [-0.2, -0.15) is 0 Å². The highest BCUT2D eigenvalue weighted by Gasteiger charge is 2.35. The van der Waals surface area contributed by atoms with Gasteiger partial charge in [-0.1, -0.05) is 17.7 Å². The summed E-state index contributed by atoms with van der Waals surface area (Å²) in [5.74, 6) is 0.180. The molecule has 0 spiro atoms. The molecule has 0 unspecified atom stereocenters. The Bertz CT molecular complexity index is 1190. The lowest BCUT2D eigenvalue weighted by Crippen LogP contribution is -2.42. The maximum absolute atomic E-state index is 15.6. The molecule has 1 aromatic heterocycles. The van der Waals surface area contributed by atoms with Gasteiger partial charge in [-0.15, -0.1) is 11.8 Å². The van der Waals surface area contributed by atoms with Gasteiger partial charge in [-0.25, -0.2) is 13.2 Å². The van der Waals surface area contributed by atoms with Gasteiger partial charge in [0.05, 0.1) is 22.5 Å². The van der Waals surface area contributed by atoms with Crippen molar-refractivity contribution in [2.24, 2.45) is 5.41 Å².